The molecule has 3 aromatic rings. The molecule has 184 valence electrons. The molecule has 3 rings (SSSR count). The predicted octanol–water partition coefficient (Wildman–Crippen LogP) is 2.88. The number of nitrogens with zero attached hydrogens (tertiary/aromatic N) is 6. The summed E-state index contributed by atoms with van der Waals surface area (Å²) in [7, 11) is -4.76. The van der Waals surface area contributed by atoms with Gasteiger partial charge in [-0.1, -0.05) is 0 Å². The number of carbonyl (C=O) groups excluding carboxylic acids is 1. The fourth-order valence-electron chi connectivity index (χ4n) is 3.01. The van der Waals surface area contributed by atoms with E-state index in [1.54, 1.807) is 0 Å². The number of benzene rings is 1. The molecule has 1 amide bonds. The lowest BCUT2D eigenvalue weighted by Crippen LogP contribution is -2.30. The van der Waals surface area contributed by atoms with Gasteiger partial charge in [0.25, 0.3) is 21.6 Å². The number of amides is 1. The minimum atomic E-state index is -4.76. The number of rotatable bonds is 7. The number of aromatic nitrogens is 4. The first-order chi connectivity index (χ1) is 16.3. The maximum Gasteiger partial charge on any atom is 0.296 e. The van der Waals surface area contributed by atoms with Crippen molar-refractivity contribution < 1.29 is 22.9 Å². The molecule has 2 heterocycles. The number of primary amides is 1. The van der Waals surface area contributed by atoms with Crippen molar-refractivity contribution in [3.8, 4) is 5.88 Å². The molecular weight excluding hydrogens is 527 g/mol. The third-order valence-electron chi connectivity index (χ3n) is 4.55. The Labute approximate surface area is 207 Å². The van der Waals surface area contributed by atoms with Crippen LogP contribution in [0.4, 0.5) is 23.0 Å². The Morgan fingerprint density at radius 2 is 1.83 bits per heavy atom. The highest BCUT2D eigenvalue weighted by Crippen LogP contribution is 2.35. The molecule has 5 N–H and O–H groups in total. The smallest absolute Gasteiger partial charge is 0.296 e. The van der Waals surface area contributed by atoms with Crippen molar-refractivity contribution in [3.05, 3.63) is 50.2 Å². The third-order valence-corrected chi connectivity index (χ3v) is 5.79. The first kappa shape index (κ1) is 26.0. The number of azo groups is 1. The number of carbonyl (C=O) groups is 1. The Bertz CT molecular complexity index is 1520. The number of halogens is 2. The lowest BCUT2D eigenvalue weighted by molar-refractivity contribution is 0.0997. The molecule has 0 saturated carbocycles. The summed E-state index contributed by atoms with van der Waals surface area (Å²) >= 11 is 11.5. The quantitative estimate of drug-likeness (QED) is 0.252. The van der Waals surface area contributed by atoms with E-state index < -0.39 is 37.9 Å². The summed E-state index contributed by atoms with van der Waals surface area (Å²) in [5.41, 5.74) is 3.47. The van der Waals surface area contributed by atoms with Gasteiger partial charge in [0, 0.05) is 17.8 Å². The number of nitrogens with one attached hydrogen (secondary N) is 1. The number of hydrogen-bond acceptors (Lipinski definition) is 11. The lowest BCUT2D eigenvalue weighted by atomic mass is 10.1. The first-order valence-electron chi connectivity index (χ1n) is 9.47. The summed E-state index contributed by atoms with van der Waals surface area (Å²) in [5.74, 6) is -1.75. The first-order valence-corrected chi connectivity index (χ1v) is 11.7. The fourth-order valence-corrected chi connectivity index (χ4v) is 3.98. The summed E-state index contributed by atoms with van der Waals surface area (Å²) in [6.45, 7) is 2.82. The van der Waals surface area contributed by atoms with Gasteiger partial charge in [0.2, 0.25) is 22.4 Å². The maximum atomic E-state index is 12.4. The molecule has 1 aromatic carbocycles. The van der Waals surface area contributed by atoms with Crippen LogP contribution in [0.1, 0.15) is 22.8 Å². The predicted molar refractivity (Wildman–Crippen MR) is 125 cm³/mol. The lowest BCUT2D eigenvalue weighted by Gasteiger charge is -2.13. The van der Waals surface area contributed by atoms with E-state index in [4.69, 9.17) is 28.9 Å². The molecule has 0 radical (unpaired) electrons. The minimum absolute atomic E-state index is 0.0273. The zero-order chi connectivity index (χ0) is 26.1. The van der Waals surface area contributed by atoms with Gasteiger partial charge < -0.3 is 16.2 Å². The molecule has 0 aliphatic heterocycles. The molecule has 2 aromatic heterocycles. The summed E-state index contributed by atoms with van der Waals surface area (Å²) in [4.78, 5) is 34.8. The van der Waals surface area contributed by atoms with Crippen LogP contribution in [0.3, 0.4) is 0 Å². The molecule has 0 aliphatic rings. The van der Waals surface area contributed by atoms with Gasteiger partial charge in [-0.05, 0) is 55.2 Å². The largest absolute Gasteiger partial charge is 0.493 e. The van der Waals surface area contributed by atoms with E-state index in [1.165, 1.54) is 19.9 Å². The van der Waals surface area contributed by atoms with E-state index in [-0.39, 0.29) is 45.7 Å². The monoisotopic (exact) mass is 542 g/mol. The molecule has 0 aliphatic carbocycles. The van der Waals surface area contributed by atoms with Gasteiger partial charge in [-0.3, -0.25) is 18.7 Å². The van der Waals surface area contributed by atoms with Crippen molar-refractivity contribution in [3.63, 3.8) is 0 Å². The van der Waals surface area contributed by atoms with Gasteiger partial charge in [-0.15, -0.1) is 10.2 Å². The van der Waals surface area contributed by atoms with Crippen LogP contribution in [0.25, 0.3) is 0 Å². The fraction of sp³-hybridized carbons (Fsp3) is 0.167. The zero-order valence-electron chi connectivity index (χ0n) is 17.9. The highest BCUT2D eigenvalue weighted by atomic mass is 35.5. The van der Waals surface area contributed by atoms with E-state index in [2.05, 4.69) is 30.5 Å². The van der Waals surface area contributed by atoms with E-state index in [0.717, 1.165) is 16.7 Å². The molecule has 0 atom stereocenters. The Morgan fingerprint density at radius 1 is 1.20 bits per heavy atom. The van der Waals surface area contributed by atoms with Gasteiger partial charge in [-0.25, -0.2) is 0 Å². The molecule has 14 nitrogen and oxygen atoms in total. The molecule has 35 heavy (non-hydrogen) atoms. The average molecular weight is 543 g/mol. The number of pyridine rings is 1. The third kappa shape index (κ3) is 5.54. The maximum absolute atomic E-state index is 12.4. The van der Waals surface area contributed by atoms with Crippen LogP contribution in [0, 0.1) is 6.92 Å². The van der Waals surface area contributed by atoms with Crippen LogP contribution in [0.15, 0.2) is 38.1 Å². The van der Waals surface area contributed by atoms with Crippen molar-refractivity contribution in [2.24, 2.45) is 16.0 Å². The van der Waals surface area contributed by atoms with Gasteiger partial charge in [0.05, 0.1) is 0 Å². The molecule has 0 bridgehead atoms. The molecule has 0 saturated heterocycles. The van der Waals surface area contributed by atoms with Crippen LogP contribution in [0.5, 0.6) is 5.88 Å². The van der Waals surface area contributed by atoms with Crippen molar-refractivity contribution in [2.75, 3.05) is 5.32 Å². The van der Waals surface area contributed by atoms with E-state index >= 15 is 0 Å². The highest BCUT2D eigenvalue weighted by Gasteiger charge is 2.22. The van der Waals surface area contributed by atoms with Crippen LogP contribution in [-0.2, 0) is 16.7 Å². The molecule has 0 fully saturated rings. The van der Waals surface area contributed by atoms with Gasteiger partial charge in [0.1, 0.15) is 21.8 Å². The van der Waals surface area contributed by atoms with Crippen LogP contribution in [-0.4, -0.2) is 43.5 Å². The number of anilines is 2. The van der Waals surface area contributed by atoms with Crippen molar-refractivity contribution in [1.29, 1.82) is 0 Å². The second kappa shape index (κ2) is 9.91. The number of aromatic hydroxyl groups is 1. The summed E-state index contributed by atoms with van der Waals surface area (Å²) in [6, 6.07) is 3.44. The SMILES string of the molecule is CCn1c(O)c(/N=N/c2cc(Nc3nc(Cl)nc(Cl)n3)ccc2S(=O)(=O)O)c(C)c(C(N)=O)c1=O. The van der Waals surface area contributed by atoms with Crippen LogP contribution >= 0.6 is 23.2 Å². The van der Waals surface area contributed by atoms with E-state index in [0.29, 0.717) is 0 Å². The van der Waals surface area contributed by atoms with Crippen LogP contribution in [0.2, 0.25) is 10.6 Å². The second-order valence-electron chi connectivity index (χ2n) is 6.77. The summed E-state index contributed by atoms with van der Waals surface area (Å²) in [5, 5.41) is 20.5. The molecule has 17 heteroatoms. The van der Waals surface area contributed by atoms with E-state index in [9.17, 15) is 27.7 Å². The number of hydrogen-bond donors (Lipinski definition) is 4. The van der Waals surface area contributed by atoms with Gasteiger partial charge >= 0.3 is 0 Å². The zero-order valence-corrected chi connectivity index (χ0v) is 20.2. The molecule has 0 spiro atoms. The summed E-state index contributed by atoms with van der Waals surface area (Å²) < 4.78 is 34.1. The second-order valence-corrected chi connectivity index (χ2v) is 8.83. The molecular formula is C18H16Cl2N8O6S. The minimum Gasteiger partial charge on any atom is -0.493 e. The summed E-state index contributed by atoms with van der Waals surface area (Å²) in [6.07, 6.45) is 0. The topological polar surface area (TPSA) is 215 Å². The Kier molecular flexibility index (Phi) is 7.35. The Morgan fingerprint density at radius 3 is 2.37 bits per heavy atom. The van der Waals surface area contributed by atoms with Crippen molar-refractivity contribution >= 4 is 62.2 Å². The van der Waals surface area contributed by atoms with Gasteiger partial charge in [-0.2, -0.15) is 23.4 Å². The van der Waals surface area contributed by atoms with Crippen molar-refractivity contribution in [1.82, 2.24) is 19.5 Å². The van der Waals surface area contributed by atoms with Crippen molar-refractivity contribution in [2.45, 2.75) is 25.3 Å². The Balaban J connectivity index is 2.16. The van der Waals surface area contributed by atoms with Gasteiger partial charge in [0.15, 0.2) is 0 Å². The highest BCUT2D eigenvalue weighted by molar-refractivity contribution is 7.86. The molecule has 0 unspecified atom stereocenters. The number of nitrogens with two attached hydrogens (primary N) is 1. The van der Waals surface area contributed by atoms with Crippen LogP contribution < -0.4 is 16.6 Å². The van der Waals surface area contributed by atoms with E-state index in [1.807, 2.05) is 0 Å². The standard InChI is InChI=1S/C18H16Cl2N8O6S/c1-3-28-14(30)11(13(21)29)7(2)12(15(28)31)27-26-9-6-8(4-5-10(9)35(32,33)34)22-18-24-16(19)23-17(20)25-18/h4-6,31H,3H2,1-2H3,(H2,21,29)(H,32,33,34)(H,22,23,24,25)/b27-26+. The Hall–Kier alpha value is -3.66. The normalized spacial score (nSPS) is 11.7. The average Bonchev–Trinajstić information content (AvgIpc) is 2.72.